The summed E-state index contributed by atoms with van der Waals surface area (Å²) in [6.07, 6.45) is 3.84. The highest BCUT2D eigenvalue weighted by Crippen LogP contribution is 2.44. The topological polar surface area (TPSA) is 73.9 Å². The van der Waals surface area contributed by atoms with Crippen LogP contribution < -0.4 is 14.8 Å². The monoisotopic (exact) mass is 399 g/mol. The van der Waals surface area contributed by atoms with Crippen LogP contribution in [0.5, 0.6) is 11.5 Å². The normalized spacial score (nSPS) is 18.9. The van der Waals surface area contributed by atoms with Crippen molar-refractivity contribution >= 4 is 11.8 Å². The summed E-state index contributed by atoms with van der Waals surface area (Å²) in [5, 5.41) is 3.30. The number of allylic oxidation sites excluding steroid dienone is 3. The Morgan fingerprint density at radius 2 is 1.93 bits per heavy atom. The number of carbonyl (C=O) groups is 2. The molecule has 1 aromatic rings. The number of carbonyl (C=O) groups excluding carboxylic acids is 2. The molecule has 1 heterocycles. The van der Waals surface area contributed by atoms with Crippen molar-refractivity contribution in [2.75, 3.05) is 20.8 Å². The van der Waals surface area contributed by atoms with E-state index in [4.69, 9.17) is 14.2 Å². The fraction of sp³-hybridized carbons (Fsp3) is 0.478. The molecule has 3 rings (SSSR count). The van der Waals surface area contributed by atoms with Gasteiger partial charge in [-0.3, -0.25) is 4.79 Å². The lowest BCUT2D eigenvalue weighted by molar-refractivity contribution is -0.139. The summed E-state index contributed by atoms with van der Waals surface area (Å²) in [6, 6.07) is 5.53. The van der Waals surface area contributed by atoms with Crippen LogP contribution >= 0.6 is 0 Å². The highest BCUT2D eigenvalue weighted by Gasteiger charge is 2.39. The first-order chi connectivity index (χ1) is 14.0. The van der Waals surface area contributed by atoms with Crippen molar-refractivity contribution in [2.45, 2.75) is 51.9 Å². The Labute approximate surface area is 171 Å². The Kier molecular flexibility index (Phi) is 6.62. The van der Waals surface area contributed by atoms with Gasteiger partial charge in [-0.15, -0.1) is 0 Å². The van der Waals surface area contributed by atoms with Gasteiger partial charge in [0, 0.05) is 29.3 Å². The van der Waals surface area contributed by atoms with Crippen molar-refractivity contribution in [2.24, 2.45) is 0 Å². The predicted molar refractivity (Wildman–Crippen MR) is 110 cm³/mol. The second-order valence-corrected chi connectivity index (χ2v) is 7.37. The molecule has 6 nitrogen and oxygen atoms in total. The number of hydrogen-bond donors (Lipinski definition) is 1. The number of esters is 1. The number of hydrogen-bond acceptors (Lipinski definition) is 6. The van der Waals surface area contributed by atoms with Crippen molar-refractivity contribution < 1.29 is 23.8 Å². The van der Waals surface area contributed by atoms with Gasteiger partial charge < -0.3 is 19.5 Å². The van der Waals surface area contributed by atoms with E-state index in [1.807, 2.05) is 26.0 Å². The zero-order valence-electron chi connectivity index (χ0n) is 17.6. The Hall–Kier alpha value is -2.76. The molecule has 0 aromatic heterocycles. The quantitative estimate of drug-likeness (QED) is 0.552. The number of Topliss-reactive ketones (excluding diaryl/α,β-unsaturated/α-hetero) is 1. The highest BCUT2D eigenvalue weighted by molar-refractivity contribution is 6.03. The minimum atomic E-state index is -0.479. The van der Waals surface area contributed by atoms with Crippen molar-refractivity contribution in [1.29, 1.82) is 0 Å². The summed E-state index contributed by atoms with van der Waals surface area (Å²) < 4.78 is 16.3. The fourth-order valence-corrected chi connectivity index (χ4v) is 4.01. The number of ketones is 1. The smallest absolute Gasteiger partial charge is 0.336 e. The van der Waals surface area contributed by atoms with Gasteiger partial charge in [0.15, 0.2) is 17.3 Å². The minimum Gasteiger partial charge on any atom is -0.493 e. The zero-order valence-corrected chi connectivity index (χ0v) is 17.6. The largest absolute Gasteiger partial charge is 0.493 e. The third-order valence-corrected chi connectivity index (χ3v) is 5.47. The summed E-state index contributed by atoms with van der Waals surface area (Å²) in [7, 11) is 3.15. The van der Waals surface area contributed by atoms with Crippen LogP contribution in [0.15, 0.2) is 40.7 Å². The van der Waals surface area contributed by atoms with Gasteiger partial charge in [-0.1, -0.05) is 19.4 Å². The van der Waals surface area contributed by atoms with E-state index in [2.05, 4.69) is 5.32 Å². The summed E-state index contributed by atoms with van der Waals surface area (Å²) >= 11 is 0. The molecule has 29 heavy (non-hydrogen) atoms. The molecular weight excluding hydrogens is 370 g/mol. The van der Waals surface area contributed by atoms with Crippen molar-refractivity contribution in [3.05, 3.63) is 46.3 Å². The molecule has 1 atom stereocenters. The predicted octanol–water partition coefficient (Wildman–Crippen LogP) is 4.02. The number of ether oxygens (including phenoxy) is 3. The fourth-order valence-electron chi connectivity index (χ4n) is 4.01. The Balaban J connectivity index is 2.09. The van der Waals surface area contributed by atoms with Crippen LogP contribution in [0, 0.1) is 0 Å². The lowest BCUT2D eigenvalue weighted by Gasteiger charge is -2.34. The maximum Gasteiger partial charge on any atom is 0.336 e. The van der Waals surface area contributed by atoms with Crippen LogP contribution in [0.4, 0.5) is 0 Å². The second kappa shape index (κ2) is 9.16. The van der Waals surface area contributed by atoms with Crippen LogP contribution in [-0.4, -0.2) is 32.6 Å². The molecule has 0 amide bonds. The number of unbranched alkanes of at least 4 members (excludes halogenated alkanes) is 1. The number of dihydropyridines is 1. The Bertz CT molecular complexity index is 868. The third kappa shape index (κ3) is 4.16. The summed E-state index contributed by atoms with van der Waals surface area (Å²) in [6.45, 7) is 4.28. The number of nitrogens with one attached hydrogen (secondary N) is 1. The van der Waals surface area contributed by atoms with Crippen LogP contribution in [0.1, 0.15) is 57.4 Å². The highest BCUT2D eigenvalue weighted by atomic mass is 16.5. The molecule has 0 fully saturated rings. The van der Waals surface area contributed by atoms with Gasteiger partial charge in [-0.25, -0.2) is 4.79 Å². The van der Waals surface area contributed by atoms with Gasteiger partial charge in [0.1, 0.15) is 0 Å². The van der Waals surface area contributed by atoms with E-state index in [0.717, 1.165) is 42.6 Å². The van der Waals surface area contributed by atoms with Gasteiger partial charge >= 0.3 is 5.97 Å². The van der Waals surface area contributed by atoms with E-state index in [9.17, 15) is 9.59 Å². The molecule has 1 N–H and O–H groups in total. The van der Waals surface area contributed by atoms with Crippen molar-refractivity contribution in [3.63, 3.8) is 0 Å². The third-order valence-electron chi connectivity index (χ3n) is 5.47. The first-order valence-electron chi connectivity index (χ1n) is 10.1. The lowest BCUT2D eigenvalue weighted by Crippen LogP contribution is -2.34. The molecule has 1 aliphatic heterocycles. The molecule has 6 heteroatoms. The molecule has 156 valence electrons. The number of methoxy groups -OCH3 is 2. The molecular formula is C23H29NO5. The first kappa shape index (κ1) is 21.0. The molecule has 0 spiro atoms. The minimum absolute atomic E-state index is 0.0740. The first-order valence-corrected chi connectivity index (χ1v) is 10.1. The van der Waals surface area contributed by atoms with E-state index >= 15 is 0 Å². The molecule has 0 saturated heterocycles. The van der Waals surface area contributed by atoms with Gasteiger partial charge in [0.25, 0.3) is 0 Å². The maximum atomic E-state index is 13.0. The van der Waals surface area contributed by atoms with Crippen LogP contribution in [0.2, 0.25) is 0 Å². The molecule has 0 unspecified atom stereocenters. The number of rotatable bonds is 7. The standard InChI is InChI=1S/C23H29NO5/c1-5-6-12-29-23(26)20-14(2)24-16-8-7-9-17(25)22(16)21(20)15-10-11-18(27-3)19(13-15)28-4/h10-11,13,21,24H,5-9,12H2,1-4H3/t21-/m1/s1. The van der Waals surface area contributed by atoms with Crippen molar-refractivity contribution in [3.8, 4) is 11.5 Å². The summed E-state index contributed by atoms with van der Waals surface area (Å²) in [5.74, 6) is 0.374. The van der Waals surface area contributed by atoms with E-state index in [-0.39, 0.29) is 11.8 Å². The SMILES string of the molecule is CCCCOC(=O)C1=C(C)NC2=C(C(=O)CCC2)[C@@H]1c1ccc(OC)c(OC)c1. The van der Waals surface area contributed by atoms with E-state index < -0.39 is 5.92 Å². The molecule has 0 radical (unpaired) electrons. The molecule has 1 aromatic carbocycles. The van der Waals surface area contributed by atoms with E-state index in [1.165, 1.54) is 0 Å². The van der Waals surface area contributed by atoms with Crippen LogP contribution in [0.3, 0.4) is 0 Å². The summed E-state index contributed by atoms with van der Waals surface area (Å²) in [5.41, 5.74) is 3.61. The van der Waals surface area contributed by atoms with Gasteiger partial charge in [0.2, 0.25) is 0 Å². The molecule has 2 aliphatic rings. The molecule has 1 aliphatic carbocycles. The average molecular weight is 399 g/mol. The van der Waals surface area contributed by atoms with Crippen LogP contribution in [0.25, 0.3) is 0 Å². The van der Waals surface area contributed by atoms with Crippen molar-refractivity contribution in [1.82, 2.24) is 5.32 Å². The van der Waals surface area contributed by atoms with Crippen LogP contribution in [-0.2, 0) is 14.3 Å². The second-order valence-electron chi connectivity index (χ2n) is 7.37. The molecule has 0 saturated carbocycles. The zero-order chi connectivity index (χ0) is 21.0. The van der Waals surface area contributed by atoms with E-state index in [0.29, 0.717) is 35.7 Å². The maximum absolute atomic E-state index is 13.0. The number of benzene rings is 1. The Morgan fingerprint density at radius 1 is 1.17 bits per heavy atom. The molecule has 0 bridgehead atoms. The van der Waals surface area contributed by atoms with Gasteiger partial charge in [-0.2, -0.15) is 0 Å². The average Bonchev–Trinajstić information content (AvgIpc) is 2.72. The van der Waals surface area contributed by atoms with Gasteiger partial charge in [-0.05, 0) is 43.9 Å². The Morgan fingerprint density at radius 3 is 2.62 bits per heavy atom. The summed E-state index contributed by atoms with van der Waals surface area (Å²) in [4.78, 5) is 25.9. The lowest BCUT2D eigenvalue weighted by atomic mass is 9.75. The van der Waals surface area contributed by atoms with E-state index in [1.54, 1.807) is 20.3 Å². The van der Waals surface area contributed by atoms with Gasteiger partial charge in [0.05, 0.1) is 26.4 Å².